The lowest BCUT2D eigenvalue weighted by atomic mass is 10.3. The number of hydrogen-bond acceptors (Lipinski definition) is 4. The van der Waals surface area contributed by atoms with Gasteiger partial charge in [0.05, 0.1) is 0 Å². The fourth-order valence-electron chi connectivity index (χ4n) is 1.10. The summed E-state index contributed by atoms with van der Waals surface area (Å²) in [5.41, 5.74) is 5.41. The SMILES string of the molecule is Nc1ncnc(Oc2cccc(F)c2F)c1Cl. The Labute approximate surface area is 100 Å². The summed E-state index contributed by atoms with van der Waals surface area (Å²) >= 11 is 5.74. The topological polar surface area (TPSA) is 61.0 Å². The Morgan fingerprint density at radius 1 is 1.24 bits per heavy atom. The Morgan fingerprint density at radius 2 is 2.00 bits per heavy atom. The Balaban J connectivity index is 2.38. The van der Waals surface area contributed by atoms with E-state index in [0.29, 0.717) is 0 Å². The standard InChI is InChI=1S/C10H6ClF2N3O/c11-7-9(14)15-4-16-10(7)17-6-3-1-2-5(12)8(6)13/h1-4H,(H2,14,15,16). The van der Waals surface area contributed by atoms with E-state index in [1.807, 2.05) is 0 Å². The maximum Gasteiger partial charge on any atom is 0.243 e. The van der Waals surface area contributed by atoms with E-state index in [1.54, 1.807) is 0 Å². The lowest BCUT2D eigenvalue weighted by molar-refractivity contribution is 0.405. The minimum atomic E-state index is -1.12. The molecule has 0 atom stereocenters. The highest BCUT2D eigenvalue weighted by atomic mass is 35.5. The first-order valence-electron chi connectivity index (χ1n) is 4.47. The molecule has 0 fully saturated rings. The third kappa shape index (κ3) is 2.26. The number of halogens is 3. The third-order valence-electron chi connectivity index (χ3n) is 1.91. The molecule has 17 heavy (non-hydrogen) atoms. The van der Waals surface area contributed by atoms with E-state index in [-0.39, 0.29) is 22.5 Å². The summed E-state index contributed by atoms with van der Waals surface area (Å²) in [6.45, 7) is 0. The molecule has 1 aromatic heterocycles. The Bertz CT molecular complexity index is 516. The van der Waals surface area contributed by atoms with E-state index in [9.17, 15) is 8.78 Å². The molecular formula is C10H6ClF2N3O. The second kappa shape index (κ2) is 4.50. The van der Waals surface area contributed by atoms with Gasteiger partial charge >= 0.3 is 0 Å². The van der Waals surface area contributed by atoms with Gasteiger partial charge in [0.1, 0.15) is 17.2 Å². The van der Waals surface area contributed by atoms with Crippen LogP contribution >= 0.6 is 11.6 Å². The quantitative estimate of drug-likeness (QED) is 0.899. The minimum absolute atomic E-state index is 0.00604. The summed E-state index contributed by atoms with van der Waals surface area (Å²) in [4.78, 5) is 7.28. The Hall–Kier alpha value is -1.95. The van der Waals surface area contributed by atoms with Crippen molar-refractivity contribution in [3.63, 3.8) is 0 Å². The molecule has 7 heteroatoms. The average Bonchev–Trinajstić information content (AvgIpc) is 2.31. The van der Waals surface area contributed by atoms with Crippen LogP contribution in [-0.4, -0.2) is 9.97 Å². The van der Waals surface area contributed by atoms with E-state index in [2.05, 4.69) is 9.97 Å². The second-order valence-electron chi connectivity index (χ2n) is 3.03. The Morgan fingerprint density at radius 3 is 2.76 bits per heavy atom. The van der Waals surface area contributed by atoms with E-state index in [1.165, 1.54) is 12.1 Å². The molecule has 0 spiro atoms. The number of anilines is 1. The number of hydrogen-bond donors (Lipinski definition) is 1. The maximum absolute atomic E-state index is 13.3. The smallest absolute Gasteiger partial charge is 0.243 e. The normalized spacial score (nSPS) is 10.3. The first-order chi connectivity index (χ1) is 8.09. The Kier molecular flexibility index (Phi) is 3.06. The van der Waals surface area contributed by atoms with Gasteiger partial charge in [0.25, 0.3) is 0 Å². The number of benzene rings is 1. The summed E-state index contributed by atoms with van der Waals surface area (Å²) in [5, 5.41) is -0.0591. The molecule has 0 bridgehead atoms. The number of aromatic nitrogens is 2. The average molecular weight is 258 g/mol. The van der Waals surface area contributed by atoms with Gasteiger partial charge < -0.3 is 10.5 Å². The molecule has 0 saturated carbocycles. The zero-order valence-corrected chi connectivity index (χ0v) is 9.08. The second-order valence-corrected chi connectivity index (χ2v) is 3.41. The van der Waals surface area contributed by atoms with Crippen LogP contribution in [0.4, 0.5) is 14.6 Å². The zero-order chi connectivity index (χ0) is 12.4. The first-order valence-corrected chi connectivity index (χ1v) is 4.85. The van der Waals surface area contributed by atoms with Crippen LogP contribution in [0.2, 0.25) is 5.02 Å². The van der Waals surface area contributed by atoms with Crippen LogP contribution in [0.1, 0.15) is 0 Å². The van der Waals surface area contributed by atoms with Crippen LogP contribution in [0.15, 0.2) is 24.5 Å². The largest absolute Gasteiger partial charge is 0.434 e. The number of nitrogens with zero attached hydrogens (tertiary/aromatic N) is 2. The molecule has 2 aromatic rings. The maximum atomic E-state index is 13.3. The van der Waals surface area contributed by atoms with Gasteiger partial charge in [-0.1, -0.05) is 17.7 Å². The molecule has 0 aliphatic rings. The number of nitrogens with two attached hydrogens (primary N) is 1. The van der Waals surface area contributed by atoms with Gasteiger partial charge in [0, 0.05) is 0 Å². The zero-order valence-electron chi connectivity index (χ0n) is 8.32. The van der Waals surface area contributed by atoms with E-state index < -0.39 is 11.6 Å². The predicted molar refractivity (Wildman–Crippen MR) is 57.9 cm³/mol. The minimum Gasteiger partial charge on any atom is -0.434 e. The van der Waals surface area contributed by atoms with Crippen molar-refractivity contribution in [2.45, 2.75) is 0 Å². The van der Waals surface area contributed by atoms with Crippen molar-refractivity contribution in [1.29, 1.82) is 0 Å². The predicted octanol–water partition coefficient (Wildman–Crippen LogP) is 2.78. The lowest BCUT2D eigenvalue weighted by Gasteiger charge is -2.07. The van der Waals surface area contributed by atoms with Crippen LogP contribution in [0.25, 0.3) is 0 Å². The van der Waals surface area contributed by atoms with E-state index >= 15 is 0 Å². The molecule has 88 valence electrons. The molecule has 0 unspecified atom stereocenters. The third-order valence-corrected chi connectivity index (χ3v) is 2.26. The van der Waals surface area contributed by atoms with Crippen molar-refractivity contribution in [3.8, 4) is 11.6 Å². The van der Waals surface area contributed by atoms with Crippen LogP contribution < -0.4 is 10.5 Å². The highest BCUT2D eigenvalue weighted by molar-refractivity contribution is 6.34. The van der Waals surface area contributed by atoms with Crippen molar-refractivity contribution in [3.05, 3.63) is 41.2 Å². The molecule has 1 heterocycles. The van der Waals surface area contributed by atoms with E-state index in [4.69, 9.17) is 22.1 Å². The first kappa shape index (κ1) is 11.5. The van der Waals surface area contributed by atoms with E-state index in [0.717, 1.165) is 12.4 Å². The van der Waals surface area contributed by atoms with Crippen LogP contribution in [-0.2, 0) is 0 Å². The summed E-state index contributed by atoms with van der Waals surface area (Å²) in [5.74, 6) is -2.62. The molecule has 2 rings (SSSR count). The van der Waals surface area contributed by atoms with Gasteiger partial charge in [-0.25, -0.2) is 9.37 Å². The van der Waals surface area contributed by atoms with Crippen LogP contribution in [0.3, 0.4) is 0 Å². The number of rotatable bonds is 2. The van der Waals surface area contributed by atoms with Crippen molar-refractivity contribution in [2.75, 3.05) is 5.73 Å². The summed E-state index contributed by atoms with van der Waals surface area (Å²) in [6.07, 6.45) is 1.10. The molecule has 0 aliphatic heterocycles. The van der Waals surface area contributed by atoms with Gasteiger partial charge in [0.2, 0.25) is 11.7 Å². The van der Waals surface area contributed by atoms with Gasteiger partial charge in [-0.15, -0.1) is 0 Å². The van der Waals surface area contributed by atoms with Gasteiger partial charge in [-0.2, -0.15) is 9.37 Å². The highest BCUT2D eigenvalue weighted by Gasteiger charge is 2.13. The molecule has 0 amide bonds. The van der Waals surface area contributed by atoms with Crippen molar-refractivity contribution in [2.24, 2.45) is 0 Å². The monoisotopic (exact) mass is 257 g/mol. The number of ether oxygens (including phenoxy) is 1. The molecule has 4 nitrogen and oxygen atoms in total. The van der Waals surface area contributed by atoms with Crippen molar-refractivity contribution < 1.29 is 13.5 Å². The molecule has 0 saturated heterocycles. The van der Waals surface area contributed by atoms with Crippen LogP contribution in [0.5, 0.6) is 11.6 Å². The summed E-state index contributed by atoms with van der Waals surface area (Å²) < 4.78 is 31.2. The van der Waals surface area contributed by atoms with Crippen molar-refractivity contribution in [1.82, 2.24) is 9.97 Å². The van der Waals surface area contributed by atoms with Gasteiger partial charge in [-0.05, 0) is 12.1 Å². The van der Waals surface area contributed by atoms with Crippen molar-refractivity contribution >= 4 is 17.4 Å². The van der Waals surface area contributed by atoms with Gasteiger partial charge in [-0.3, -0.25) is 0 Å². The summed E-state index contributed by atoms with van der Waals surface area (Å²) in [6, 6.07) is 3.51. The molecule has 1 aromatic carbocycles. The molecule has 0 radical (unpaired) electrons. The number of nitrogen functional groups attached to an aromatic ring is 1. The fourth-order valence-corrected chi connectivity index (χ4v) is 1.24. The van der Waals surface area contributed by atoms with Gasteiger partial charge in [0.15, 0.2) is 11.6 Å². The summed E-state index contributed by atoms with van der Waals surface area (Å²) in [7, 11) is 0. The molecule has 0 aliphatic carbocycles. The van der Waals surface area contributed by atoms with Crippen LogP contribution in [0, 0.1) is 11.6 Å². The molecular weight excluding hydrogens is 252 g/mol. The fraction of sp³-hybridized carbons (Fsp3) is 0. The lowest BCUT2D eigenvalue weighted by Crippen LogP contribution is -1.98. The highest BCUT2D eigenvalue weighted by Crippen LogP contribution is 2.31. The molecule has 2 N–H and O–H groups in total.